The zero-order valence-corrected chi connectivity index (χ0v) is 15.1. The molecule has 3 amide bonds. The summed E-state index contributed by atoms with van der Waals surface area (Å²) in [6.45, 7) is 3.02. The molecular formula is C18H22N4O5. The third-order valence-electron chi connectivity index (χ3n) is 4.47. The van der Waals surface area contributed by atoms with Gasteiger partial charge in [-0.2, -0.15) is 0 Å². The molecule has 1 aliphatic rings. The van der Waals surface area contributed by atoms with Crippen LogP contribution in [0, 0.1) is 12.8 Å². The summed E-state index contributed by atoms with van der Waals surface area (Å²) >= 11 is 0. The molecule has 0 atom stereocenters. The molecule has 9 nitrogen and oxygen atoms in total. The minimum Gasteiger partial charge on any atom is -0.459 e. The fourth-order valence-electron chi connectivity index (χ4n) is 2.98. The van der Waals surface area contributed by atoms with Crippen LogP contribution in [0.1, 0.15) is 35.6 Å². The molecule has 0 spiro atoms. The molecule has 3 rings (SSSR count). The van der Waals surface area contributed by atoms with Crippen molar-refractivity contribution >= 4 is 23.5 Å². The Balaban J connectivity index is 1.37. The molecule has 144 valence electrons. The number of hydrogen-bond acceptors (Lipinski definition) is 6. The van der Waals surface area contributed by atoms with Crippen LogP contribution in [0.5, 0.6) is 0 Å². The van der Waals surface area contributed by atoms with Gasteiger partial charge in [-0.3, -0.25) is 14.4 Å². The van der Waals surface area contributed by atoms with E-state index in [2.05, 4.69) is 15.8 Å². The summed E-state index contributed by atoms with van der Waals surface area (Å²) in [6, 6.07) is 4.85. The SMILES string of the molecule is Cc1cc(NC(=O)C2CCN(C(=O)CCNC(=O)c3ccco3)CC2)no1. The zero-order valence-electron chi connectivity index (χ0n) is 15.1. The van der Waals surface area contributed by atoms with Crippen molar-refractivity contribution in [2.24, 2.45) is 5.92 Å². The smallest absolute Gasteiger partial charge is 0.286 e. The first-order valence-electron chi connectivity index (χ1n) is 8.86. The second-order valence-corrected chi connectivity index (χ2v) is 6.45. The van der Waals surface area contributed by atoms with Crippen molar-refractivity contribution in [3.05, 3.63) is 36.0 Å². The summed E-state index contributed by atoms with van der Waals surface area (Å²) in [5.74, 6) is 0.600. The number of carbonyl (C=O) groups excluding carboxylic acids is 3. The Hall–Kier alpha value is -3.10. The highest BCUT2D eigenvalue weighted by Gasteiger charge is 2.27. The van der Waals surface area contributed by atoms with Crippen LogP contribution < -0.4 is 10.6 Å². The van der Waals surface area contributed by atoms with Gasteiger partial charge in [0.25, 0.3) is 5.91 Å². The third kappa shape index (κ3) is 4.96. The number of carbonyl (C=O) groups is 3. The summed E-state index contributed by atoms with van der Waals surface area (Å²) in [5, 5.41) is 9.13. The number of aryl methyl sites for hydroxylation is 1. The average Bonchev–Trinajstić information content (AvgIpc) is 3.33. The Morgan fingerprint density at radius 1 is 1.30 bits per heavy atom. The molecule has 0 radical (unpaired) electrons. The summed E-state index contributed by atoms with van der Waals surface area (Å²) in [5.41, 5.74) is 0. The van der Waals surface area contributed by atoms with Gasteiger partial charge in [-0.25, -0.2) is 0 Å². The average molecular weight is 374 g/mol. The van der Waals surface area contributed by atoms with Crippen LogP contribution in [0.4, 0.5) is 5.82 Å². The lowest BCUT2D eigenvalue weighted by molar-refractivity contribution is -0.134. The predicted molar refractivity (Wildman–Crippen MR) is 94.8 cm³/mol. The number of anilines is 1. The lowest BCUT2D eigenvalue weighted by Crippen LogP contribution is -2.42. The number of piperidine rings is 1. The number of amides is 3. The number of hydrogen-bond donors (Lipinski definition) is 2. The van der Waals surface area contributed by atoms with Crippen LogP contribution in [0.3, 0.4) is 0 Å². The molecule has 0 saturated carbocycles. The van der Waals surface area contributed by atoms with E-state index in [1.54, 1.807) is 30.0 Å². The van der Waals surface area contributed by atoms with Gasteiger partial charge in [0.2, 0.25) is 11.8 Å². The highest BCUT2D eigenvalue weighted by molar-refractivity contribution is 5.92. The lowest BCUT2D eigenvalue weighted by Gasteiger charge is -2.31. The zero-order chi connectivity index (χ0) is 19.2. The van der Waals surface area contributed by atoms with E-state index < -0.39 is 0 Å². The van der Waals surface area contributed by atoms with Crippen LogP contribution in [0.15, 0.2) is 33.4 Å². The number of aromatic nitrogens is 1. The van der Waals surface area contributed by atoms with E-state index in [-0.39, 0.29) is 42.4 Å². The van der Waals surface area contributed by atoms with E-state index in [1.165, 1.54) is 6.26 Å². The molecule has 0 aliphatic carbocycles. The number of rotatable bonds is 6. The topological polar surface area (TPSA) is 118 Å². The fraction of sp³-hybridized carbons (Fsp3) is 0.444. The van der Waals surface area contributed by atoms with Gasteiger partial charge in [0.15, 0.2) is 11.6 Å². The number of nitrogens with zero attached hydrogens (tertiary/aromatic N) is 2. The van der Waals surface area contributed by atoms with Crippen LogP contribution in [-0.4, -0.2) is 47.4 Å². The van der Waals surface area contributed by atoms with Crippen molar-refractivity contribution < 1.29 is 23.3 Å². The Labute approximate surface area is 156 Å². The Bertz CT molecular complexity index is 791. The van der Waals surface area contributed by atoms with Gasteiger partial charge >= 0.3 is 0 Å². The van der Waals surface area contributed by atoms with Crippen molar-refractivity contribution in [1.82, 2.24) is 15.4 Å². The van der Waals surface area contributed by atoms with Gasteiger partial charge in [0, 0.05) is 38.0 Å². The van der Waals surface area contributed by atoms with Crippen molar-refractivity contribution in [3.63, 3.8) is 0 Å². The monoisotopic (exact) mass is 374 g/mol. The van der Waals surface area contributed by atoms with Gasteiger partial charge < -0.3 is 24.5 Å². The molecule has 2 aromatic rings. The Morgan fingerprint density at radius 2 is 2.07 bits per heavy atom. The normalized spacial score (nSPS) is 14.8. The largest absolute Gasteiger partial charge is 0.459 e. The molecule has 2 N–H and O–H groups in total. The standard InChI is InChI=1S/C18H22N4O5/c1-12-11-15(21-27-12)20-17(24)13-5-8-22(9-6-13)16(23)4-7-19-18(25)14-3-2-10-26-14/h2-3,10-11,13H,4-9H2,1H3,(H,19,25)(H,20,21,24). The highest BCUT2D eigenvalue weighted by atomic mass is 16.5. The summed E-state index contributed by atoms with van der Waals surface area (Å²) < 4.78 is 9.92. The van der Waals surface area contributed by atoms with Crippen molar-refractivity contribution in [1.29, 1.82) is 0 Å². The van der Waals surface area contributed by atoms with Crippen LogP contribution in [0.2, 0.25) is 0 Å². The number of nitrogens with one attached hydrogen (secondary N) is 2. The second-order valence-electron chi connectivity index (χ2n) is 6.45. The number of likely N-dealkylation sites (tertiary alicyclic amines) is 1. The maximum absolute atomic E-state index is 12.3. The van der Waals surface area contributed by atoms with E-state index in [9.17, 15) is 14.4 Å². The molecule has 2 aromatic heterocycles. The molecule has 1 fully saturated rings. The maximum Gasteiger partial charge on any atom is 0.286 e. The van der Waals surface area contributed by atoms with E-state index >= 15 is 0 Å². The van der Waals surface area contributed by atoms with Gasteiger partial charge in [0.1, 0.15) is 5.76 Å². The van der Waals surface area contributed by atoms with E-state index in [0.717, 1.165) is 0 Å². The highest BCUT2D eigenvalue weighted by Crippen LogP contribution is 2.20. The summed E-state index contributed by atoms with van der Waals surface area (Å²) in [4.78, 5) is 38.0. The van der Waals surface area contributed by atoms with Crippen molar-refractivity contribution in [2.45, 2.75) is 26.2 Å². The van der Waals surface area contributed by atoms with Crippen LogP contribution in [-0.2, 0) is 9.59 Å². The first-order valence-corrected chi connectivity index (χ1v) is 8.86. The van der Waals surface area contributed by atoms with E-state index in [1.807, 2.05) is 0 Å². The molecule has 1 saturated heterocycles. The minimum absolute atomic E-state index is 0.0410. The molecule has 9 heteroatoms. The third-order valence-corrected chi connectivity index (χ3v) is 4.47. The first kappa shape index (κ1) is 18.7. The molecule has 0 aromatic carbocycles. The van der Waals surface area contributed by atoms with Crippen LogP contribution >= 0.6 is 0 Å². The molecule has 0 unspecified atom stereocenters. The van der Waals surface area contributed by atoms with Crippen molar-refractivity contribution in [3.8, 4) is 0 Å². The van der Waals surface area contributed by atoms with E-state index in [0.29, 0.717) is 37.5 Å². The van der Waals surface area contributed by atoms with Gasteiger partial charge in [0.05, 0.1) is 6.26 Å². The predicted octanol–water partition coefficient (Wildman–Crippen LogP) is 1.57. The number of furan rings is 1. The van der Waals surface area contributed by atoms with Crippen molar-refractivity contribution in [2.75, 3.05) is 25.0 Å². The van der Waals surface area contributed by atoms with Gasteiger partial charge in [-0.15, -0.1) is 0 Å². The molecular weight excluding hydrogens is 352 g/mol. The Morgan fingerprint density at radius 3 is 2.70 bits per heavy atom. The molecule has 3 heterocycles. The summed E-state index contributed by atoms with van der Waals surface area (Å²) in [7, 11) is 0. The minimum atomic E-state index is -0.341. The maximum atomic E-state index is 12.3. The Kier molecular flexibility index (Phi) is 5.90. The molecule has 1 aliphatic heterocycles. The molecule has 27 heavy (non-hydrogen) atoms. The second kappa shape index (κ2) is 8.52. The fourth-order valence-corrected chi connectivity index (χ4v) is 2.98. The quantitative estimate of drug-likeness (QED) is 0.792. The molecule has 0 bridgehead atoms. The van der Waals surface area contributed by atoms with Crippen LogP contribution in [0.25, 0.3) is 0 Å². The lowest BCUT2D eigenvalue weighted by atomic mass is 9.95. The van der Waals surface area contributed by atoms with E-state index in [4.69, 9.17) is 8.94 Å². The van der Waals surface area contributed by atoms with Gasteiger partial charge in [-0.05, 0) is 31.9 Å². The first-order chi connectivity index (χ1) is 13.0. The van der Waals surface area contributed by atoms with Gasteiger partial charge in [-0.1, -0.05) is 5.16 Å². The summed E-state index contributed by atoms with van der Waals surface area (Å²) in [6.07, 6.45) is 2.81.